The lowest BCUT2D eigenvalue weighted by Gasteiger charge is -2.35. The first-order valence-corrected chi connectivity index (χ1v) is 7.22. The van der Waals surface area contributed by atoms with Gasteiger partial charge < -0.3 is 15.0 Å². The third-order valence-electron chi connectivity index (χ3n) is 3.81. The average Bonchev–Trinajstić information content (AvgIpc) is 2.55. The number of benzene rings is 2. The molecule has 2 aromatic rings. The number of rotatable bonds is 2. The lowest BCUT2D eigenvalue weighted by molar-refractivity contribution is 0.257. The van der Waals surface area contributed by atoms with Gasteiger partial charge in [-0.15, -0.1) is 0 Å². The van der Waals surface area contributed by atoms with Crippen LogP contribution in [0.4, 0.5) is 21.9 Å². The molecule has 0 radical (unpaired) electrons. The number of fused-ring (bicyclic) bond motifs is 1. The minimum atomic E-state index is -0.131. The van der Waals surface area contributed by atoms with E-state index in [0.29, 0.717) is 6.54 Å². The summed E-state index contributed by atoms with van der Waals surface area (Å²) in [5, 5.41) is 2.93. The highest BCUT2D eigenvalue weighted by molar-refractivity contribution is 6.04. The van der Waals surface area contributed by atoms with Crippen molar-refractivity contribution in [1.29, 1.82) is 0 Å². The van der Waals surface area contributed by atoms with Crippen molar-refractivity contribution in [2.24, 2.45) is 0 Å². The molecule has 22 heavy (non-hydrogen) atoms. The molecule has 114 valence electrons. The van der Waals surface area contributed by atoms with Gasteiger partial charge in [-0.1, -0.05) is 18.2 Å². The standard InChI is InChI=1S/C17H19N3O2/c1-19-10-11-20(16-9-4-3-8-15(16)19)17(21)18-13-6-5-7-14(12-13)22-2/h3-9,12H,10-11H2,1-2H3,(H,18,21). The summed E-state index contributed by atoms with van der Waals surface area (Å²) in [6.07, 6.45) is 0. The van der Waals surface area contributed by atoms with Gasteiger partial charge in [0, 0.05) is 31.9 Å². The molecule has 1 heterocycles. The van der Waals surface area contributed by atoms with Crippen molar-refractivity contribution in [3.8, 4) is 5.75 Å². The summed E-state index contributed by atoms with van der Waals surface area (Å²) in [5.41, 5.74) is 2.71. The van der Waals surface area contributed by atoms with Crippen molar-refractivity contribution >= 4 is 23.1 Å². The fourth-order valence-corrected chi connectivity index (χ4v) is 2.61. The van der Waals surface area contributed by atoms with E-state index in [4.69, 9.17) is 4.74 Å². The Kier molecular flexibility index (Phi) is 3.87. The van der Waals surface area contributed by atoms with Crippen molar-refractivity contribution in [2.45, 2.75) is 0 Å². The molecule has 2 amide bonds. The topological polar surface area (TPSA) is 44.8 Å². The Bertz CT molecular complexity index is 687. The van der Waals surface area contributed by atoms with Crippen LogP contribution in [-0.4, -0.2) is 33.3 Å². The van der Waals surface area contributed by atoms with E-state index in [1.165, 1.54) is 0 Å². The van der Waals surface area contributed by atoms with Crippen molar-refractivity contribution in [1.82, 2.24) is 0 Å². The van der Waals surface area contributed by atoms with Gasteiger partial charge in [-0.05, 0) is 24.3 Å². The predicted octanol–water partition coefficient (Wildman–Crippen LogP) is 3.18. The van der Waals surface area contributed by atoms with E-state index >= 15 is 0 Å². The lowest BCUT2D eigenvalue weighted by Crippen LogP contribution is -2.44. The molecule has 0 bridgehead atoms. The van der Waals surface area contributed by atoms with Gasteiger partial charge >= 0.3 is 6.03 Å². The minimum Gasteiger partial charge on any atom is -0.497 e. The zero-order chi connectivity index (χ0) is 15.5. The highest BCUT2D eigenvalue weighted by Gasteiger charge is 2.24. The molecule has 5 heteroatoms. The minimum absolute atomic E-state index is 0.131. The normalized spacial score (nSPS) is 13.5. The van der Waals surface area contributed by atoms with Gasteiger partial charge in [-0.25, -0.2) is 4.79 Å². The Labute approximate surface area is 130 Å². The van der Waals surface area contributed by atoms with Gasteiger partial charge in [-0.3, -0.25) is 4.90 Å². The van der Waals surface area contributed by atoms with Crippen LogP contribution in [0.1, 0.15) is 0 Å². The number of hydrogen-bond donors (Lipinski definition) is 1. The van der Waals surface area contributed by atoms with E-state index in [9.17, 15) is 4.79 Å². The van der Waals surface area contributed by atoms with E-state index in [1.807, 2.05) is 49.5 Å². The largest absolute Gasteiger partial charge is 0.497 e. The second-order valence-electron chi connectivity index (χ2n) is 5.22. The zero-order valence-corrected chi connectivity index (χ0v) is 12.7. The monoisotopic (exact) mass is 297 g/mol. The number of urea groups is 1. The number of nitrogens with zero attached hydrogens (tertiary/aromatic N) is 2. The Morgan fingerprint density at radius 2 is 1.86 bits per heavy atom. The van der Waals surface area contributed by atoms with Crippen LogP contribution in [0.5, 0.6) is 5.75 Å². The molecule has 0 atom stereocenters. The van der Waals surface area contributed by atoms with Crippen LogP contribution in [0, 0.1) is 0 Å². The number of methoxy groups -OCH3 is 1. The molecule has 2 aromatic carbocycles. The summed E-state index contributed by atoms with van der Waals surface area (Å²) in [4.78, 5) is 16.5. The number of ether oxygens (including phenoxy) is 1. The summed E-state index contributed by atoms with van der Waals surface area (Å²) >= 11 is 0. The van der Waals surface area contributed by atoms with E-state index in [0.717, 1.165) is 29.4 Å². The Morgan fingerprint density at radius 3 is 2.64 bits per heavy atom. The molecule has 0 aliphatic carbocycles. The van der Waals surface area contributed by atoms with Crippen molar-refractivity contribution < 1.29 is 9.53 Å². The molecular weight excluding hydrogens is 278 g/mol. The Balaban J connectivity index is 1.82. The van der Waals surface area contributed by atoms with Gasteiger partial charge in [0.05, 0.1) is 18.5 Å². The highest BCUT2D eigenvalue weighted by Crippen LogP contribution is 2.32. The van der Waals surface area contributed by atoms with Gasteiger partial charge in [0.1, 0.15) is 5.75 Å². The van der Waals surface area contributed by atoms with Crippen LogP contribution >= 0.6 is 0 Å². The van der Waals surface area contributed by atoms with Crippen LogP contribution in [0.2, 0.25) is 0 Å². The molecule has 0 saturated carbocycles. The molecule has 3 rings (SSSR count). The third kappa shape index (κ3) is 2.70. The molecular formula is C17H19N3O2. The maximum absolute atomic E-state index is 12.6. The van der Waals surface area contributed by atoms with Gasteiger partial charge in [0.15, 0.2) is 0 Å². The molecule has 0 spiro atoms. The number of para-hydroxylation sites is 2. The summed E-state index contributed by atoms with van der Waals surface area (Å²) in [5.74, 6) is 0.719. The van der Waals surface area contributed by atoms with Crippen LogP contribution in [0.15, 0.2) is 48.5 Å². The number of carbonyl (C=O) groups excluding carboxylic acids is 1. The molecule has 1 aliphatic heterocycles. The van der Waals surface area contributed by atoms with E-state index in [-0.39, 0.29) is 6.03 Å². The van der Waals surface area contributed by atoms with Crippen molar-refractivity contribution in [3.05, 3.63) is 48.5 Å². The molecule has 0 unspecified atom stereocenters. The fraction of sp³-hybridized carbons (Fsp3) is 0.235. The Morgan fingerprint density at radius 1 is 1.09 bits per heavy atom. The van der Waals surface area contributed by atoms with Crippen molar-refractivity contribution in [3.63, 3.8) is 0 Å². The van der Waals surface area contributed by atoms with Gasteiger partial charge in [0.2, 0.25) is 0 Å². The first-order chi connectivity index (χ1) is 10.7. The number of hydrogen-bond acceptors (Lipinski definition) is 3. The van der Waals surface area contributed by atoms with Crippen LogP contribution in [-0.2, 0) is 0 Å². The highest BCUT2D eigenvalue weighted by atomic mass is 16.5. The number of amides is 2. The van der Waals surface area contributed by atoms with Gasteiger partial charge in [0.25, 0.3) is 0 Å². The quantitative estimate of drug-likeness (QED) is 0.926. The fourth-order valence-electron chi connectivity index (χ4n) is 2.61. The third-order valence-corrected chi connectivity index (χ3v) is 3.81. The Hall–Kier alpha value is -2.69. The zero-order valence-electron chi connectivity index (χ0n) is 12.7. The summed E-state index contributed by atoms with van der Waals surface area (Å²) in [6.45, 7) is 1.46. The maximum Gasteiger partial charge on any atom is 0.326 e. The second kappa shape index (κ2) is 5.97. The number of likely N-dealkylation sites (N-methyl/N-ethyl adjacent to an activating group) is 1. The number of carbonyl (C=O) groups is 1. The SMILES string of the molecule is COc1cccc(NC(=O)N2CCN(C)c3ccccc32)c1. The van der Waals surface area contributed by atoms with E-state index in [1.54, 1.807) is 18.1 Å². The molecule has 0 aromatic heterocycles. The molecule has 0 saturated heterocycles. The predicted molar refractivity (Wildman–Crippen MR) is 89.1 cm³/mol. The molecule has 1 aliphatic rings. The molecule has 1 N–H and O–H groups in total. The first-order valence-electron chi connectivity index (χ1n) is 7.22. The number of anilines is 3. The summed E-state index contributed by atoms with van der Waals surface area (Å²) < 4.78 is 5.18. The van der Waals surface area contributed by atoms with Gasteiger partial charge in [-0.2, -0.15) is 0 Å². The smallest absolute Gasteiger partial charge is 0.326 e. The lowest BCUT2D eigenvalue weighted by atomic mass is 10.2. The average molecular weight is 297 g/mol. The molecule has 5 nitrogen and oxygen atoms in total. The first kappa shape index (κ1) is 14.3. The van der Waals surface area contributed by atoms with E-state index < -0.39 is 0 Å². The summed E-state index contributed by atoms with van der Waals surface area (Å²) in [7, 11) is 3.65. The summed E-state index contributed by atoms with van der Waals surface area (Å²) in [6, 6.07) is 15.2. The van der Waals surface area contributed by atoms with Crippen LogP contribution < -0.4 is 19.9 Å². The van der Waals surface area contributed by atoms with E-state index in [2.05, 4.69) is 10.2 Å². The maximum atomic E-state index is 12.6. The van der Waals surface area contributed by atoms with Crippen molar-refractivity contribution in [2.75, 3.05) is 42.4 Å². The second-order valence-corrected chi connectivity index (χ2v) is 5.22. The van der Waals surface area contributed by atoms with Crippen LogP contribution in [0.3, 0.4) is 0 Å². The molecule has 0 fully saturated rings. The number of nitrogens with one attached hydrogen (secondary N) is 1. The van der Waals surface area contributed by atoms with Crippen LogP contribution in [0.25, 0.3) is 0 Å².